The largest absolute Gasteiger partial charge is 0.488 e. The standard InChI is InChI=1S/C14H10BrF3O/c15-11-7-4-8-12(13(11)14(16,17)18)19-9-10-5-2-1-3-6-10/h1-8H,9H2. The van der Waals surface area contributed by atoms with Crippen molar-refractivity contribution in [2.75, 3.05) is 0 Å². The first-order chi connectivity index (χ1) is 8.98. The second kappa shape index (κ2) is 5.65. The van der Waals surface area contributed by atoms with Gasteiger partial charge in [0, 0.05) is 4.47 Å². The summed E-state index contributed by atoms with van der Waals surface area (Å²) in [6.45, 7) is 0.0976. The fraction of sp³-hybridized carbons (Fsp3) is 0.143. The van der Waals surface area contributed by atoms with Crippen LogP contribution in [0.2, 0.25) is 0 Å². The summed E-state index contributed by atoms with van der Waals surface area (Å²) in [7, 11) is 0. The minimum absolute atomic E-state index is 0.0226. The Bertz CT molecular complexity index is 552. The number of ether oxygens (including phenoxy) is 1. The molecule has 5 heteroatoms. The molecule has 0 radical (unpaired) electrons. The van der Waals surface area contributed by atoms with Crippen LogP contribution in [0.1, 0.15) is 11.1 Å². The molecule has 0 aliphatic heterocycles. The lowest BCUT2D eigenvalue weighted by molar-refractivity contribution is -0.139. The molecule has 2 aromatic rings. The van der Waals surface area contributed by atoms with Crippen LogP contribution in [0.15, 0.2) is 53.0 Å². The molecule has 100 valence electrons. The van der Waals surface area contributed by atoms with Gasteiger partial charge in [0.1, 0.15) is 17.9 Å². The van der Waals surface area contributed by atoms with Gasteiger partial charge in [-0.3, -0.25) is 0 Å². The van der Waals surface area contributed by atoms with Crippen LogP contribution in [0.25, 0.3) is 0 Å². The average Bonchev–Trinajstić information content (AvgIpc) is 2.36. The molecule has 0 fully saturated rings. The Morgan fingerprint density at radius 1 is 0.947 bits per heavy atom. The number of hydrogen-bond donors (Lipinski definition) is 0. The predicted octanol–water partition coefficient (Wildman–Crippen LogP) is 5.05. The molecule has 2 aromatic carbocycles. The Morgan fingerprint density at radius 2 is 1.63 bits per heavy atom. The van der Waals surface area contributed by atoms with Crippen molar-refractivity contribution in [1.82, 2.24) is 0 Å². The fourth-order valence-electron chi connectivity index (χ4n) is 1.64. The SMILES string of the molecule is FC(F)(F)c1c(Br)cccc1OCc1ccccc1. The number of alkyl halides is 3. The van der Waals surface area contributed by atoms with Gasteiger partial charge in [-0.05, 0) is 17.7 Å². The molecule has 0 aromatic heterocycles. The lowest BCUT2D eigenvalue weighted by Gasteiger charge is -2.15. The van der Waals surface area contributed by atoms with Crippen molar-refractivity contribution in [3.05, 3.63) is 64.1 Å². The molecular formula is C14H10BrF3O. The summed E-state index contributed by atoms with van der Waals surface area (Å²) < 4.78 is 44.0. The van der Waals surface area contributed by atoms with Crippen molar-refractivity contribution in [3.8, 4) is 5.75 Å². The molecule has 1 nitrogen and oxygen atoms in total. The smallest absolute Gasteiger partial charge is 0.421 e. The number of hydrogen-bond acceptors (Lipinski definition) is 1. The Kier molecular flexibility index (Phi) is 4.14. The van der Waals surface area contributed by atoms with Crippen LogP contribution in [-0.2, 0) is 12.8 Å². The first-order valence-corrected chi connectivity index (χ1v) is 6.30. The normalized spacial score (nSPS) is 11.4. The van der Waals surface area contributed by atoms with E-state index in [4.69, 9.17) is 4.74 Å². The van der Waals surface area contributed by atoms with E-state index in [2.05, 4.69) is 15.9 Å². The van der Waals surface area contributed by atoms with Gasteiger partial charge < -0.3 is 4.74 Å². The Hall–Kier alpha value is -1.49. The van der Waals surface area contributed by atoms with Crippen molar-refractivity contribution >= 4 is 15.9 Å². The molecule has 0 atom stereocenters. The molecule has 0 N–H and O–H groups in total. The summed E-state index contributed by atoms with van der Waals surface area (Å²) in [4.78, 5) is 0. The topological polar surface area (TPSA) is 9.23 Å². The quantitative estimate of drug-likeness (QED) is 0.765. The van der Waals surface area contributed by atoms with E-state index < -0.39 is 11.7 Å². The number of benzene rings is 2. The molecule has 2 rings (SSSR count). The molecule has 0 aliphatic carbocycles. The summed E-state index contributed by atoms with van der Waals surface area (Å²) in [5.41, 5.74) is 0.0292. The third kappa shape index (κ3) is 3.50. The monoisotopic (exact) mass is 330 g/mol. The molecule has 0 amide bonds. The predicted molar refractivity (Wildman–Crippen MR) is 69.9 cm³/mol. The molecular weight excluding hydrogens is 321 g/mol. The highest BCUT2D eigenvalue weighted by Crippen LogP contribution is 2.41. The van der Waals surface area contributed by atoms with Gasteiger partial charge >= 0.3 is 6.18 Å². The Labute approximate surface area is 117 Å². The van der Waals surface area contributed by atoms with Crippen LogP contribution >= 0.6 is 15.9 Å². The van der Waals surface area contributed by atoms with Gasteiger partial charge in [-0.2, -0.15) is 13.2 Å². The third-order valence-electron chi connectivity index (χ3n) is 2.50. The minimum Gasteiger partial charge on any atom is -0.488 e. The Balaban J connectivity index is 2.24. The maximum absolute atomic E-state index is 12.9. The molecule has 0 spiro atoms. The lowest BCUT2D eigenvalue weighted by Crippen LogP contribution is -2.09. The summed E-state index contributed by atoms with van der Waals surface area (Å²) >= 11 is 2.91. The first-order valence-electron chi connectivity index (χ1n) is 5.51. The van der Waals surface area contributed by atoms with Crippen LogP contribution in [0.5, 0.6) is 5.75 Å². The Morgan fingerprint density at radius 3 is 2.26 bits per heavy atom. The first kappa shape index (κ1) is 13.9. The molecule has 0 unspecified atom stereocenters. The molecule has 0 bridgehead atoms. The summed E-state index contributed by atoms with van der Waals surface area (Å²) in [6.07, 6.45) is -4.45. The van der Waals surface area contributed by atoms with E-state index in [-0.39, 0.29) is 16.8 Å². The van der Waals surface area contributed by atoms with Gasteiger partial charge in [-0.1, -0.05) is 52.3 Å². The lowest BCUT2D eigenvalue weighted by atomic mass is 10.2. The van der Waals surface area contributed by atoms with Crippen molar-refractivity contribution in [3.63, 3.8) is 0 Å². The second-order valence-electron chi connectivity index (χ2n) is 3.89. The third-order valence-corrected chi connectivity index (χ3v) is 3.16. The number of rotatable bonds is 3. The van der Waals surface area contributed by atoms with Crippen LogP contribution in [0.3, 0.4) is 0 Å². The van der Waals surface area contributed by atoms with Gasteiger partial charge in [-0.25, -0.2) is 0 Å². The van der Waals surface area contributed by atoms with Gasteiger partial charge in [0.2, 0.25) is 0 Å². The van der Waals surface area contributed by atoms with E-state index >= 15 is 0 Å². The highest BCUT2D eigenvalue weighted by molar-refractivity contribution is 9.10. The van der Waals surface area contributed by atoms with Gasteiger partial charge in [0.05, 0.1) is 0 Å². The van der Waals surface area contributed by atoms with E-state index in [1.807, 2.05) is 18.2 Å². The van der Waals surface area contributed by atoms with Gasteiger partial charge in [0.15, 0.2) is 0 Å². The molecule has 0 saturated carbocycles. The molecule has 19 heavy (non-hydrogen) atoms. The van der Waals surface area contributed by atoms with Gasteiger partial charge in [0.25, 0.3) is 0 Å². The van der Waals surface area contributed by atoms with E-state index in [0.29, 0.717) is 0 Å². The minimum atomic E-state index is -4.45. The van der Waals surface area contributed by atoms with Crippen LogP contribution in [0.4, 0.5) is 13.2 Å². The zero-order valence-corrected chi connectivity index (χ0v) is 11.3. The van der Waals surface area contributed by atoms with Crippen molar-refractivity contribution in [2.45, 2.75) is 12.8 Å². The van der Waals surface area contributed by atoms with E-state index in [1.54, 1.807) is 12.1 Å². The van der Waals surface area contributed by atoms with Crippen LogP contribution in [-0.4, -0.2) is 0 Å². The van der Waals surface area contributed by atoms with E-state index in [0.717, 1.165) is 5.56 Å². The van der Waals surface area contributed by atoms with Crippen molar-refractivity contribution < 1.29 is 17.9 Å². The van der Waals surface area contributed by atoms with Gasteiger partial charge in [-0.15, -0.1) is 0 Å². The molecule has 0 saturated heterocycles. The van der Waals surface area contributed by atoms with E-state index in [9.17, 15) is 13.2 Å². The molecule has 0 heterocycles. The second-order valence-corrected chi connectivity index (χ2v) is 4.74. The zero-order chi connectivity index (χ0) is 13.9. The maximum atomic E-state index is 12.9. The summed E-state index contributed by atoms with van der Waals surface area (Å²) in [5.74, 6) is -0.175. The highest BCUT2D eigenvalue weighted by atomic mass is 79.9. The molecule has 0 aliphatic rings. The maximum Gasteiger partial charge on any atom is 0.421 e. The summed E-state index contributed by atoms with van der Waals surface area (Å²) in [5, 5.41) is 0. The number of halogens is 4. The summed E-state index contributed by atoms with van der Waals surface area (Å²) in [6, 6.07) is 13.2. The zero-order valence-electron chi connectivity index (χ0n) is 9.75. The average molecular weight is 331 g/mol. The highest BCUT2D eigenvalue weighted by Gasteiger charge is 2.36. The fourth-order valence-corrected chi connectivity index (χ4v) is 2.21. The van der Waals surface area contributed by atoms with Crippen LogP contribution < -0.4 is 4.74 Å². The van der Waals surface area contributed by atoms with Crippen LogP contribution in [0, 0.1) is 0 Å². The van der Waals surface area contributed by atoms with E-state index in [1.165, 1.54) is 18.2 Å². The van der Waals surface area contributed by atoms with Crippen molar-refractivity contribution in [1.29, 1.82) is 0 Å². The van der Waals surface area contributed by atoms with Crippen molar-refractivity contribution in [2.24, 2.45) is 0 Å².